The van der Waals surface area contributed by atoms with E-state index in [0.29, 0.717) is 13.0 Å². The first-order valence-electron chi connectivity index (χ1n) is 4.54. The lowest BCUT2D eigenvalue weighted by Gasteiger charge is -2.21. The minimum absolute atomic E-state index is 0.119. The van der Waals surface area contributed by atoms with Gasteiger partial charge in [-0.3, -0.25) is 4.79 Å². The second-order valence-corrected chi connectivity index (χ2v) is 3.74. The fraction of sp³-hybridized carbons (Fsp3) is 0.778. The second kappa shape index (κ2) is 3.95. The lowest BCUT2D eigenvalue weighted by Crippen LogP contribution is -2.40. The number of aliphatic hydroxyl groups excluding tert-OH is 1. The van der Waals surface area contributed by atoms with Gasteiger partial charge in [0, 0.05) is 6.54 Å². The highest BCUT2D eigenvalue weighted by atomic mass is 16.3. The molecule has 2 N–H and O–H groups in total. The number of nitriles is 1. The molecule has 0 radical (unpaired) electrons. The highest BCUT2D eigenvalue weighted by Crippen LogP contribution is 2.21. The maximum Gasteiger partial charge on any atom is 0.239 e. The van der Waals surface area contributed by atoms with Crippen LogP contribution in [-0.2, 0) is 4.79 Å². The van der Waals surface area contributed by atoms with E-state index in [2.05, 4.69) is 0 Å². The van der Waals surface area contributed by atoms with Gasteiger partial charge >= 0.3 is 0 Å². The quantitative estimate of drug-likeness (QED) is 0.602. The molecule has 1 aliphatic rings. The van der Waals surface area contributed by atoms with E-state index in [1.165, 1.54) is 11.8 Å². The molecule has 0 bridgehead atoms. The number of likely N-dealkylation sites (tertiary alicyclic amines) is 1. The summed E-state index contributed by atoms with van der Waals surface area (Å²) in [5.74, 6) is -0.965. The third kappa shape index (κ3) is 2.03. The molecule has 1 amide bonds. The van der Waals surface area contributed by atoms with Crippen molar-refractivity contribution >= 4 is 5.91 Å². The van der Waals surface area contributed by atoms with Gasteiger partial charge in [0.25, 0.3) is 0 Å². The van der Waals surface area contributed by atoms with Gasteiger partial charge in [0.1, 0.15) is 11.5 Å². The predicted octanol–water partition coefficient (Wildman–Crippen LogP) is -0.898. The van der Waals surface area contributed by atoms with Crippen LogP contribution in [0.2, 0.25) is 0 Å². The molecule has 2 atom stereocenters. The topological polar surface area (TPSA) is 84.6 Å². The van der Waals surface area contributed by atoms with E-state index in [-0.39, 0.29) is 19.1 Å². The molecule has 2 unspecified atom stereocenters. The summed E-state index contributed by atoms with van der Waals surface area (Å²) in [5, 5.41) is 27.1. The molecule has 0 saturated carbocycles. The fourth-order valence-electron chi connectivity index (χ4n) is 1.50. The normalized spacial score (nSPS) is 28.6. The molecule has 1 rings (SSSR count). The first-order chi connectivity index (χ1) is 6.52. The third-order valence-corrected chi connectivity index (χ3v) is 2.50. The van der Waals surface area contributed by atoms with Crippen molar-refractivity contribution in [3.05, 3.63) is 0 Å². The largest absolute Gasteiger partial charge is 0.393 e. The SMILES string of the molecule is CC(C#N)C(=O)N1CCC(O)(CO)C1. The number of hydrogen-bond acceptors (Lipinski definition) is 4. The van der Waals surface area contributed by atoms with Gasteiger partial charge in [-0.15, -0.1) is 0 Å². The number of carbonyl (C=O) groups is 1. The number of hydrogen-bond donors (Lipinski definition) is 2. The predicted molar refractivity (Wildman–Crippen MR) is 48.0 cm³/mol. The first kappa shape index (κ1) is 11.0. The summed E-state index contributed by atoms with van der Waals surface area (Å²) in [4.78, 5) is 12.9. The molecule has 0 aromatic carbocycles. The average Bonchev–Trinajstić information content (AvgIpc) is 2.59. The van der Waals surface area contributed by atoms with E-state index in [1.807, 2.05) is 6.07 Å². The summed E-state index contributed by atoms with van der Waals surface area (Å²) in [6, 6.07) is 1.85. The maximum atomic E-state index is 11.5. The Morgan fingerprint density at radius 2 is 2.43 bits per heavy atom. The number of carbonyl (C=O) groups excluding carboxylic acids is 1. The van der Waals surface area contributed by atoms with E-state index in [9.17, 15) is 9.90 Å². The zero-order valence-electron chi connectivity index (χ0n) is 8.10. The molecule has 1 aliphatic heterocycles. The summed E-state index contributed by atoms with van der Waals surface area (Å²) >= 11 is 0. The van der Waals surface area contributed by atoms with Crippen molar-refractivity contribution in [3.8, 4) is 6.07 Å². The Hall–Kier alpha value is -1.12. The van der Waals surface area contributed by atoms with Crippen molar-refractivity contribution in [1.82, 2.24) is 4.90 Å². The summed E-state index contributed by atoms with van der Waals surface area (Å²) in [7, 11) is 0. The van der Waals surface area contributed by atoms with E-state index < -0.39 is 11.5 Å². The van der Waals surface area contributed by atoms with E-state index in [4.69, 9.17) is 10.4 Å². The van der Waals surface area contributed by atoms with Crippen LogP contribution in [0.25, 0.3) is 0 Å². The van der Waals surface area contributed by atoms with Crippen LogP contribution < -0.4 is 0 Å². The van der Waals surface area contributed by atoms with Crippen LogP contribution in [0.15, 0.2) is 0 Å². The van der Waals surface area contributed by atoms with Gasteiger partial charge in [-0.1, -0.05) is 0 Å². The molecule has 0 aromatic heterocycles. The van der Waals surface area contributed by atoms with Crippen LogP contribution in [0, 0.1) is 17.2 Å². The summed E-state index contributed by atoms with van der Waals surface area (Å²) in [6.07, 6.45) is 0.368. The number of β-amino-alcohol motifs (C(OH)–C–C–N with tert-alkyl or cyclic N) is 1. The summed E-state index contributed by atoms with van der Waals surface area (Å²) in [6.45, 7) is 1.70. The van der Waals surface area contributed by atoms with Crippen molar-refractivity contribution in [2.24, 2.45) is 5.92 Å². The molecule has 1 heterocycles. The van der Waals surface area contributed by atoms with Gasteiger partial charge in [0.2, 0.25) is 5.91 Å². The number of nitrogens with zero attached hydrogens (tertiary/aromatic N) is 2. The standard InChI is InChI=1S/C9H14N2O3/c1-7(4-10)8(13)11-3-2-9(14,5-11)6-12/h7,12,14H,2-3,5-6H2,1H3. The van der Waals surface area contributed by atoms with Crippen molar-refractivity contribution in [2.75, 3.05) is 19.7 Å². The van der Waals surface area contributed by atoms with Crippen LogP contribution in [-0.4, -0.2) is 46.3 Å². The number of amides is 1. The minimum atomic E-state index is -1.18. The van der Waals surface area contributed by atoms with Crippen LogP contribution in [0.3, 0.4) is 0 Å². The van der Waals surface area contributed by atoms with Crippen LogP contribution in [0.1, 0.15) is 13.3 Å². The zero-order valence-corrected chi connectivity index (χ0v) is 8.10. The van der Waals surface area contributed by atoms with Crippen LogP contribution in [0.5, 0.6) is 0 Å². The molecule has 1 fully saturated rings. The number of aliphatic hydroxyl groups is 2. The highest BCUT2D eigenvalue weighted by molar-refractivity contribution is 5.81. The van der Waals surface area contributed by atoms with Crippen molar-refractivity contribution in [2.45, 2.75) is 18.9 Å². The van der Waals surface area contributed by atoms with Gasteiger partial charge in [0.15, 0.2) is 0 Å². The van der Waals surface area contributed by atoms with Gasteiger partial charge < -0.3 is 15.1 Å². The second-order valence-electron chi connectivity index (χ2n) is 3.74. The third-order valence-electron chi connectivity index (χ3n) is 2.50. The smallest absolute Gasteiger partial charge is 0.239 e. The molecule has 5 nitrogen and oxygen atoms in total. The molecule has 14 heavy (non-hydrogen) atoms. The minimum Gasteiger partial charge on any atom is -0.393 e. The molecule has 0 aliphatic carbocycles. The Morgan fingerprint density at radius 3 is 2.86 bits per heavy atom. The monoisotopic (exact) mass is 198 g/mol. The van der Waals surface area contributed by atoms with Gasteiger partial charge in [0.05, 0.1) is 19.2 Å². The highest BCUT2D eigenvalue weighted by Gasteiger charge is 2.38. The Labute approximate surface area is 82.6 Å². The van der Waals surface area contributed by atoms with Crippen molar-refractivity contribution in [1.29, 1.82) is 5.26 Å². The Morgan fingerprint density at radius 1 is 1.79 bits per heavy atom. The summed E-state index contributed by atoms with van der Waals surface area (Å²) < 4.78 is 0. The van der Waals surface area contributed by atoms with E-state index >= 15 is 0 Å². The molecule has 0 spiro atoms. The van der Waals surface area contributed by atoms with E-state index in [1.54, 1.807) is 0 Å². The zero-order chi connectivity index (χ0) is 10.8. The van der Waals surface area contributed by atoms with Gasteiger partial charge in [-0.2, -0.15) is 5.26 Å². The number of rotatable bonds is 2. The maximum absolute atomic E-state index is 11.5. The van der Waals surface area contributed by atoms with Gasteiger partial charge in [-0.05, 0) is 13.3 Å². The molecule has 1 saturated heterocycles. The molecule has 0 aromatic rings. The molecular weight excluding hydrogens is 184 g/mol. The van der Waals surface area contributed by atoms with Gasteiger partial charge in [-0.25, -0.2) is 0 Å². The summed E-state index contributed by atoms with van der Waals surface area (Å²) in [5.41, 5.74) is -1.18. The van der Waals surface area contributed by atoms with Crippen molar-refractivity contribution in [3.63, 3.8) is 0 Å². The Balaban J connectivity index is 2.59. The Bertz CT molecular complexity index is 274. The lowest BCUT2D eigenvalue weighted by atomic mass is 10.1. The average molecular weight is 198 g/mol. The van der Waals surface area contributed by atoms with E-state index in [0.717, 1.165) is 0 Å². The van der Waals surface area contributed by atoms with Crippen molar-refractivity contribution < 1.29 is 15.0 Å². The molecule has 5 heteroatoms. The fourth-order valence-corrected chi connectivity index (χ4v) is 1.50. The molecule has 78 valence electrons. The lowest BCUT2D eigenvalue weighted by molar-refractivity contribution is -0.133. The Kier molecular flexibility index (Phi) is 3.09. The first-order valence-corrected chi connectivity index (χ1v) is 4.54. The van der Waals surface area contributed by atoms with Crippen LogP contribution in [0.4, 0.5) is 0 Å². The molecular formula is C9H14N2O3. The van der Waals surface area contributed by atoms with Crippen LogP contribution >= 0.6 is 0 Å².